The Labute approximate surface area is 330 Å². The molecule has 1 aliphatic heterocycles. The zero-order chi connectivity index (χ0) is 38.7. The smallest absolute Gasteiger partial charge is 0.246 e. The number of benzene rings is 2. The van der Waals surface area contributed by atoms with Crippen molar-refractivity contribution in [2.75, 3.05) is 6.54 Å². The lowest BCUT2D eigenvalue weighted by atomic mass is 9.85. The Balaban J connectivity index is 0.00000784. The maximum absolute atomic E-state index is 14.0. The number of aryl methyl sites for hydroxylation is 3. The number of nitrogens with two attached hydrogens (primary N) is 2. The molecule has 4 rings (SSSR count). The van der Waals surface area contributed by atoms with E-state index < -0.39 is 23.6 Å². The minimum Gasteiger partial charge on any atom is -0.391 e. The van der Waals surface area contributed by atoms with E-state index in [4.69, 9.17) is 11.5 Å². The number of β-amino-alcohol motifs (C(OH)–C–C–N with tert-alkyl or cyclic N) is 1. The highest BCUT2D eigenvalue weighted by Gasteiger charge is 2.44. The summed E-state index contributed by atoms with van der Waals surface area (Å²) in [6.07, 6.45) is 5.46. The first-order valence-corrected chi connectivity index (χ1v) is 19.7. The van der Waals surface area contributed by atoms with Gasteiger partial charge in [-0.15, -0.1) is 23.7 Å². The van der Waals surface area contributed by atoms with E-state index in [9.17, 15) is 24.3 Å². The van der Waals surface area contributed by atoms with Crippen LogP contribution in [0.5, 0.6) is 0 Å². The molecule has 2 aromatic carbocycles. The predicted octanol–water partition coefficient (Wildman–Crippen LogP) is 5.54. The molecule has 0 unspecified atom stereocenters. The van der Waals surface area contributed by atoms with Gasteiger partial charge in [-0.2, -0.15) is 0 Å². The minimum atomic E-state index is -0.859. The molecule has 1 aliphatic rings. The number of aliphatic hydroxyl groups excluding tert-OH is 1. The molecule has 0 bridgehead atoms. The molecule has 0 radical (unpaired) electrons. The molecule has 11 nitrogen and oxygen atoms in total. The number of carbonyl (C=O) groups excluding carboxylic acids is 4. The minimum absolute atomic E-state index is 0. The Morgan fingerprint density at radius 2 is 1.67 bits per heavy atom. The van der Waals surface area contributed by atoms with E-state index >= 15 is 0 Å². The first-order chi connectivity index (χ1) is 25.1. The first-order valence-electron chi connectivity index (χ1n) is 18.8. The highest BCUT2D eigenvalue weighted by Crippen LogP contribution is 2.30. The number of aromatic nitrogens is 1. The van der Waals surface area contributed by atoms with Crippen LogP contribution >= 0.6 is 23.7 Å². The lowest BCUT2D eigenvalue weighted by Crippen LogP contribution is -2.57. The van der Waals surface area contributed by atoms with Gasteiger partial charge in [0.2, 0.25) is 23.6 Å². The number of aliphatic hydroxyl groups is 1. The molecule has 0 aliphatic carbocycles. The van der Waals surface area contributed by atoms with E-state index in [-0.39, 0.29) is 67.5 Å². The fourth-order valence-corrected chi connectivity index (χ4v) is 7.62. The zero-order valence-electron chi connectivity index (χ0n) is 32.3. The second-order valence-corrected chi connectivity index (χ2v) is 16.4. The van der Waals surface area contributed by atoms with Crippen molar-refractivity contribution in [3.63, 3.8) is 0 Å². The van der Waals surface area contributed by atoms with Crippen molar-refractivity contribution in [2.24, 2.45) is 16.9 Å². The second kappa shape index (κ2) is 20.7. The first kappa shape index (κ1) is 44.6. The van der Waals surface area contributed by atoms with E-state index in [1.165, 1.54) is 16.0 Å². The second-order valence-electron chi connectivity index (χ2n) is 15.6. The summed E-state index contributed by atoms with van der Waals surface area (Å²) in [5.74, 6) is -1.24. The van der Waals surface area contributed by atoms with E-state index in [0.29, 0.717) is 19.3 Å². The summed E-state index contributed by atoms with van der Waals surface area (Å²) in [4.78, 5) is 58.6. The van der Waals surface area contributed by atoms with Crippen LogP contribution in [-0.2, 0) is 32.0 Å². The maximum Gasteiger partial charge on any atom is 0.246 e. The fraction of sp³-hybridized carbons (Fsp3) is 0.537. The lowest BCUT2D eigenvalue weighted by molar-refractivity contribution is -0.144. The highest BCUT2D eigenvalue weighted by molar-refractivity contribution is 7.13. The molecule has 4 amide bonds. The Morgan fingerprint density at radius 1 is 0.981 bits per heavy atom. The standard InChI is InChI=1S/C41H58N6O5S.ClH/c1-26(30-15-17-31(18-16-30)37-27(2)44-25-53-37)45-39(51)34-23-33(48)24-47(34)40(52)38(41(3,4)5)46-36(50)13-8-6-7-10-28-11-9-12-29(22-28)14-19-32(42)20-21-35(43)49;/h9,11-12,15-18,22,25-26,32-34,38,48H,6-8,10,13-14,19-21,23-24,42H2,1-5H3,(H2,43,49)(H,45,51)(H,46,50);1H/t26-,32+,33+,34-,38+;/m0./s1. The Kier molecular flexibility index (Phi) is 17.1. The number of halogens is 1. The summed E-state index contributed by atoms with van der Waals surface area (Å²) in [7, 11) is 0. The SMILES string of the molecule is Cc1ncsc1-c1ccc([C@H](C)NC(=O)[C@@H]2C[C@@H](O)CN2C(=O)[C@@H](NC(=O)CCCCCc2cccc(CC[C@@H](N)CCC(N)=O)c2)C(C)(C)C)cc1.Cl. The van der Waals surface area contributed by atoms with Gasteiger partial charge in [0.1, 0.15) is 12.1 Å². The summed E-state index contributed by atoms with van der Waals surface area (Å²) >= 11 is 1.58. The van der Waals surface area contributed by atoms with Crippen molar-refractivity contribution >= 4 is 47.4 Å². The number of nitrogens with one attached hydrogen (secondary N) is 2. The van der Waals surface area contributed by atoms with E-state index in [1.54, 1.807) is 11.3 Å². The van der Waals surface area contributed by atoms with Crippen molar-refractivity contribution in [3.8, 4) is 10.4 Å². The molecule has 1 saturated heterocycles. The van der Waals surface area contributed by atoms with Crippen LogP contribution in [0, 0.1) is 12.3 Å². The molecule has 1 aromatic heterocycles. The summed E-state index contributed by atoms with van der Waals surface area (Å²) in [6.45, 7) is 9.57. The molecule has 0 spiro atoms. The fourth-order valence-electron chi connectivity index (χ4n) is 6.80. The van der Waals surface area contributed by atoms with Gasteiger partial charge in [0.15, 0.2) is 0 Å². The molecule has 13 heteroatoms. The average Bonchev–Trinajstić information content (AvgIpc) is 3.73. The average molecular weight is 783 g/mol. The topological polar surface area (TPSA) is 181 Å². The molecule has 1 fully saturated rings. The number of hydrogen-bond acceptors (Lipinski definition) is 8. The Morgan fingerprint density at radius 3 is 2.30 bits per heavy atom. The number of rotatable bonds is 18. The number of primary amides is 1. The number of likely N-dealkylation sites (tertiary alicyclic amines) is 1. The molecule has 54 heavy (non-hydrogen) atoms. The van der Waals surface area contributed by atoms with Crippen LogP contribution in [0.25, 0.3) is 10.4 Å². The zero-order valence-corrected chi connectivity index (χ0v) is 33.9. The van der Waals surface area contributed by atoms with Crippen molar-refractivity contribution in [1.82, 2.24) is 20.5 Å². The van der Waals surface area contributed by atoms with Crippen LogP contribution in [-0.4, -0.2) is 69.4 Å². The molecular weight excluding hydrogens is 724 g/mol. The molecule has 7 N–H and O–H groups in total. The maximum atomic E-state index is 14.0. The van der Waals surface area contributed by atoms with Crippen molar-refractivity contribution in [1.29, 1.82) is 0 Å². The molecule has 2 heterocycles. The number of nitrogens with zero attached hydrogens (tertiary/aromatic N) is 2. The number of hydrogen-bond donors (Lipinski definition) is 5. The number of unbranched alkanes of at least 4 members (excludes halogenated alkanes) is 2. The largest absolute Gasteiger partial charge is 0.391 e. The third-order valence-corrected chi connectivity index (χ3v) is 11.0. The van der Waals surface area contributed by atoms with Crippen LogP contribution < -0.4 is 22.1 Å². The highest BCUT2D eigenvalue weighted by atomic mass is 35.5. The van der Waals surface area contributed by atoms with Crippen LogP contribution in [0.15, 0.2) is 54.0 Å². The molecule has 5 atom stereocenters. The van der Waals surface area contributed by atoms with Crippen molar-refractivity contribution in [2.45, 2.75) is 129 Å². The van der Waals surface area contributed by atoms with Gasteiger partial charge in [-0.3, -0.25) is 19.2 Å². The van der Waals surface area contributed by atoms with Crippen molar-refractivity contribution < 1.29 is 24.3 Å². The van der Waals surface area contributed by atoms with Crippen LogP contribution in [0.4, 0.5) is 0 Å². The van der Waals surface area contributed by atoms with Crippen LogP contribution in [0.1, 0.15) is 107 Å². The quantitative estimate of drug-likeness (QED) is 0.105. The number of amides is 4. The van der Waals surface area contributed by atoms with E-state index in [2.05, 4.69) is 39.9 Å². The number of thiazole rings is 1. The third-order valence-electron chi connectivity index (χ3n) is 9.99. The summed E-state index contributed by atoms with van der Waals surface area (Å²) in [5, 5.41) is 16.6. The molecule has 296 valence electrons. The molecular formula is C41H59ClN6O5S. The van der Waals surface area contributed by atoms with Gasteiger partial charge in [-0.25, -0.2) is 4.98 Å². The van der Waals surface area contributed by atoms with E-state index in [0.717, 1.165) is 53.8 Å². The Bertz CT molecular complexity index is 1690. The lowest BCUT2D eigenvalue weighted by Gasteiger charge is -2.35. The van der Waals surface area contributed by atoms with E-state index in [1.807, 2.05) is 64.4 Å². The van der Waals surface area contributed by atoms with Gasteiger partial charge in [0.05, 0.1) is 28.2 Å². The van der Waals surface area contributed by atoms with Gasteiger partial charge in [-0.05, 0) is 80.0 Å². The van der Waals surface area contributed by atoms with Gasteiger partial charge >= 0.3 is 0 Å². The number of carbonyl (C=O) groups is 4. The van der Waals surface area contributed by atoms with Gasteiger partial charge in [0, 0.05) is 31.8 Å². The monoisotopic (exact) mass is 782 g/mol. The normalized spacial score (nSPS) is 17.3. The Hall–Kier alpha value is -3.84. The van der Waals surface area contributed by atoms with Crippen molar-refractivity contribution in [3.05, 3.63) is 76.4 Å². The third kappa shape index (κ3) is 13.2. The molecule has 0 saturated carbocycles. The molecule has 3 aromatic rings. The summed E-state index contributed by atoms with van der Waals surface area (Å²) in [6, 6.07) is 14.3. The van der Waals surface area contributed by atoms with Crippen LogP contribution in [0.3, 0.4) is 0 Å². The van der Waals surface area contributed by atoms with Gasteiger partial charge in [0.25, 0.3) is 0 Å². The van der Waals surface area contributed by atoms with Gasteiger partial charge in [-0.1, -0.05) is 75.7 Å². The van der Waals surface area contributed by atoms with Gasteiger partial charge < -0.3 is 32.1 Å². The summed E-state index contributed by atoms with van der Waals surface area (Å²) < 4.78 is 0. The summed E-state index contributed by atoms with van der Waals surface area (Å²) in [5.41, 5.74) is 18.0. The predicted molar refractivity (Wildman–Crippen MR) is 217 cm³/mol. The van der Waals surface area contributed by atoms with Crippen LogP contribution in [0.2, 0.25) is 0 Å².